The van der Waals surface area contributed by atoms with Crippen LogP contribution in [0.5, 0.6) is 0 Å². The van der Waals surface area contributed by atoms with Gasteiger partial charge >= 0.3 is 0 Å². The van der Waals surface area contributed by atoms with Gasteiger partial charge in [-0.3, -0.25) is 4.98 Å². The Balaban J connectivity index is 2.29. The van der Waals surface area contributed by atoms with Gasteiger partial charge in [-0.15, -0.1) is 0 Å². The van der Waals surface area contributed by atoms with E-state index in [2.05, 4.69) is 4.98 Å². The summed E-state index contributed by atoms with van der Waals surface area (Å²) in [5.74, 6) is 0. The van der Waals surface area contributed by atoms with Crippen LogP contribution in [0.25, 0.3) is 0 Å². The van der Waals surface area contributed by atoms with Gasteiger partial charge in [0, 0.05) is 12.4 Å². The summed E-state index contributed by atoms with van der Waals surface area (Å²) in [6, 6.07) is 7.59. The second-order valence-electron chi connectivity index (χ2n) is 3.51. The fourth-order valence-electron chi connectivity index (χ4n) is 1.48. The van der Waals surface area contributed by atoms with Crippen LogP contribution in [0.15, 0.2) is 36.7 Å². The van der Waals surface area contributed by atoms with E-state index in [-0.39, 0.29) is 0 Å². The van der Waals surface area contributed by atoms with Crippen molar-refractivity contribution >= 4 is 28.9 Å². The lowest BCUT2D eigenvalue weighted by molar-refractivity contribution is 1.16. The van der Waals surface area contributed by atoms with Gasteiger partial charge in [0.25, 0.3) is 0 Å². The Morgan fingerprint density at radius 1 is 1.00 bits per heavy atom. The smallest absolute Gasteiger partial charge is 0.0693 e. The lowest BCUT2D eigenvalue weighted by atomic mass is 10.1. The number of nitrogens with zero attached hydrogens (tertiary/aromatic N) is 1. The highest BCUT2D eigenvalue weighted by Gasteiger charge is 2.05. The summed E-state index contributed by atoms with van der Waals surface area (Å²) in [5, 5.41) is 0.994. The molecule has 1 heterocycles. The Morgan fingerprint density at radius 3 is 2.12 bits per heavy atom. The Kier molecular flexibility index (Phi) is 3.32. The van der Waals surface area contributed by atoms with Crippen LogP contribution in [-0.2, 0) is 6.42 Å². The van der Waals surface area contributed by atoms with E-state index in [0.29, 0.717) is 15.7 Å². The van der Waals surface area contributed by atoms with Crippen LogP contribution in [0.1, 0.15) is 11.1 Å². The molecule has 1 aromatic heterocycles. The maximum Gasteiger partial charge on any atom is 0.0693 e. The van der Waals surface area contributed by atoms with E-state index in [9.17, 15) is 0 Å². The van der Waals surface area contributed by atoms with Gasteiger partial charge in [0.15, 0.2) is 0 Å². The van der Waals surface area contributed by atoms with Gasteiger partial charge in [0.2, 0.25) is 0 Å². The van der Waals surface area contributed by atoms with Crippen molar-refractivity contribution in [2.45, 2.75) is 6.42 Å². The van der Waals surface area contributed by atoms with Crippen molar-refractivity contribution < 1.29 is 0 Å². The van der Waals surface area contributed by atoms with Crippen LogP contribution < -0.4 is 5.73 Å². The molecule has 1 aromatic carbocycles. The Hall–Kier alpha value is -1.25. The summed E-state index contributed by atoms with van der Waals surface area (Å²) < 4.78 is 0. The van der Waals surface area contributed by atoms with E-state index in [1.807, 2.05) is 24.3 Å². The summed E-state index contributed by atoms with van der Waals surface area (Å²) in [4.78, 5) is 3.96. The third-order valence-corrected chi connectivity index (χ3v) is 2.92. The van der Waals surface area contributed by atoms with E-state index in [1.165, 1.54) is 0 Å². The summed E-state index contributed by atoms with van der Waals surface area (Å²) in [6.07, 6.45) is 4.29. The first-order chi connectivity index (χ1) is 7.66. The lowest BCUT2D eigenvalue weighted by Crippen LogP contribution is -1.93. The van der Waals surface area contributed by atoms with Gasteiger partial charge in [-0.25, -0.2) is 0 Å². The summed E-state index contributed by atoms with van der Waals surface area (Å²) >= 11 is 11.9. The molecule has 0 aliphatic rings. The summed E-state index contributed by atoms with van der Waals surface area (Å²) in [7, 11) is 0. The minimum atomic E-state index is 0.432. The zero-order chi connectivity index (χ0) is 11.5. The summed E-state index contributed by atoms with van der Waals surface area (Å²) in [6.45, 7) is 0. The van der Waals surface area contributed by atoms with Gasteiger partial charge < -0.3 is 5.73 Å². The highest BCUT2D eigenvalue weighted by molar-refractivity contribution is 6.38. The molecule has 0 amide bonds. The van der Waals surface area contributed by atoms with E-state index < -0.39 is 0 Å². The molecule has 0 bridgehead atoms. The van der Waals surface area contributed by atoms with Crippen LogP contribution in [0, 0.1) is 0 Å². The van der Waals surface area contributed by atoms with Gasteiger partial charge in [0.1, 0.15) is 0 Å². The second-order valence-corrected chi connectivity index (χ2v) is 4.32. The molecule has 0 atom stereocenters. The number of aromatic nitrogens is 1. The molecule has 82 valence electrons. The average Bonchev–Trinajstić information content (AvgIpc) is 2.27. The third kappa shape index (κ3) is 2.46. The molecule has 2 aromatic rings. The number of halogens is 2. The minimum absolute atomic E-state index is 0.432. The van der Waals surface area contributed by atoms with Gasteiger partial charge in [-0.2, -0.15) is 0 Å². The minimum Gasteiger partial charge on any atom is -0.396 e. The van der Waals surface area contributed by atoms with Crippen molar-refractivity contribution in [2.24, 2.45) is 0 Å². The largest absolute Gasteiger partial charge is 0.396 e. The zero-order valence-electron chi connectivity index (χ0n) is 8.45. The highest BCUT2D eigenvalue weighted by atomic mass is 35.5. The molecule has 0 unspecified atom stereocenters. The molecule has 0 saturated heterocycles. The molecule has 0 saturated carbocycles. The molecule has 4 heteroatoms. The second kappa shape index (κ2) is 4.73. The number of hydrogen-bond acceptors (Lipinski definition) is 2. The molecular formula is C12H10Cl2N2. The molecule has 0 aliphatic carbocycles. The fraction of sp³-hybridized carbons (Fsp3) is 0.0833. The first kappa shape index (κ1) is 11.2. The average molecular weight is 253 g/mol. The van der Waals surface area contributed by atoms with Gasteiger partial charge in [-0.1, -0.05) is 23.2 Å². The SMILES string of the molecule is Nc1c(Cl)cc(Cc2ccncc2)cc1Cl. The van der Waals surface area contributed by atoms with Crippen LogP contribution in [0.3, 0.4) is 0 Å². The van der Waals surface area contributed by atoms with Crippen molar-refractivity contribution in [3.05, 3.63) is 57.8 Å². The number of nitrogens with two attached hydrogens (primary N) is 1. The number of nitrogen functional groups attached to an aromatic ring is 1. The first-order valence-electron chi connectivity index (χ1n) is 4.79. The number of rotatable bonds is 2. The monoisotopic (exact) mass is 252 g/mol. The first-order valence-corrected chi connectivity index (χ1v) is 5.54. The number of pyridine rings is 1. The molecule has 2 rings (SSSR count). The molecule has 2 N–H and O–H groups in total. The van der Waals surface area contributed by atoms with Gasteiger partial charge in [-0.05, 0) is 41.8 Å². The third-order valence-electron chi connectivity index (χ3n) is 2.30. The van der Waals surface area contributed by atoms with Crippen molar-refractivity contribution in [1.29, 1.82) is 0 Å². The Bertz CT molecular complexity index is 475. The predicted molar refractivity (Wildman–Crippen MR) is 67.9 cm³/mol. The fourth-order valence-corrected chi connectivity index (χ4v) is 2.01. The van der Waals surface area contributed by atoms with E-state index in [4.69, 9.17) is 28.9 Å². The maximum atomic E-state index is 5.96. The number of benzene rings is 1. The van der Waals surface area contributed by atoms with E-state index >= 15 is 0 Å². The quantitative estimate of drug-likeness (QED) is 0.831. The standard InChI is InChI=1S/C12H10Cl2N2/c13-10-6-9(7-11(14)12(10)15)5-8-1-3-16-4-2-8/h1-4,6-7H,5,15H2. The highest BCUT2D eigenvalue weighted by Crippen LogP contribution is 2.29. The maximum absolute atomic E-state index is 5.96. The molecule has 0 radical (unpaired) electrons. The molecule has 16 heavy (non-hydrogen) atoms. The zero-order valence-corrected chi connectivity index (χ0v) is 9.96. The van der Waals surface area contributed by atoms with Gasteiger partial charge in [0.05, 0.1) is 15.7 Å². The van der Waals surface area contributed by atoms with Crippen LogP contribution in [0.4, 0.5) is 5.69 Å². The molecule has 2 nitrogen and oxygen atoms in total. The van der Waals surface area contributed by atoms with Crippen molar-refractivity contribution in [3.63, 3.8) is 0 Å². The lowest BCUT2D eigenvalue weighted by Gasteiger charge is -2.06. The van der Waals surface area contributed by atoms with Crippen molar-refractivity contribution in [2.75, 3.05) is 5.73 Å². The molecule has 0 fully saturated rings. The number of anilines is 1. The van der Waals surface area contributed by atoms with Crippen LogP contribution in [-0.4, -0.2) is 4.98 Å². The topological polar surface area (TPSA) is 38.9 Å². The Labute approximate surface area is 104 Å². The predicted octanol–water partition coefficient (Wildman–Crippen LogP) is 3.56. The number of hydrogen-bond donors (Lipinski definition) is 1. The molecule has 0 aliphatic heterocycles. The summed E-state index contributed by atoms with van der Waals surface area (Å²) in [5.41, 5.74) is 8.30. The van der Waals surface area contributed by atoms with Crippen molar-refractivity contribution in [1.82, 2.24) is 4.98 Å². The molecular weight excluding hydrogens is 243 g/mol. The van der Waals surface area contributed by atoms with Crippen molar-refractivity contribution in [3.8, 4) is 0 Å². The van der Waals surface area contributed by atoms with E-state index in [1.54, 1.807) is 12.4 Å². The van der Waals surface area contributed by atoms with Crippen LogP contribution >= 0.6 is 23.2 Å². The molecule has 0 spiro atoms. The van der Waals surface area contributed by atoms with Crippen LogP contribution in [0.2, 0.25) is 10.0 Å². The Morgan fingerprint density at radius 2 is 1.56 bits per heavy atom. The normalized spacial score (nSPS) is 10.4. The van der Waals surface area contributed by atoms with E-state index in [0.717, 1.165) is 17.5 Å².